The Morgan fingerprint density at radius 1 is 0.553 bits per heavy atom. The van der Waals surface area contributed by atoms with Gasteiger partial charge in [0.05, 0.1) is 6.04 Å². The highest BCUT2D eigenvalue weighted by Gasteiger charge is 2.35. The van der Waals surface area contributed by atoms with Crippen LogP contribution in [0.2, 0.25) is 0 Å². The summed E-state index contributed by atoms with van der Waals surface area (Å²) in [4.78, 5) is 121. The first-order valence-corrected chi connectivity index (χ1v) is 26.6. The van der Waals surface area contributed by atoms with E-state index in [1.807, 2.05) is 68.6 Å². The van der Waals surface area contributed by atoms with E-state index in [2.05, 4.69) is 46.9 Å². The molecule has 22 nitrogen and oxygen atoms in total. The van der Waals surface area contributed by atoms with Crippen molar-refractivity contribution in [3.05, 3.63) is 108 Å². The Morgan fingerprint density at radius 2 is 1.01 bits per heavy atom. The fourth-order valence-electron chi connectivity index (χ4n) is 8.59. The second-order valence-electron chi connectivity index (χ2n) is 19.1. The maximum atomic E-state index is 15.0. The Labute approximate surface area is 445 Å². The molecule has 0 saturated heterocycles. The maximum absolute atomic E-state index is 15.0. The normalized spacial score (nSPS) is 14.0. The second kappa shape index (κ2) is 29.2. The van der Waals surface area contributed by atoms with Crippen molar-refractivity contribution in [3.8, 4) is 0 Å². The monoisotopic (exact) mass is 1060 g/mol. The van der Waals surface area contributed by atoms with Crippen LogP contribution in [-0.4, -0.2) is 124 Å². The van der Waals surface area contributed by atoms with Gasteiger partial charge < -0.3 is 70.5 Å². The van der Waals surface area contributed by atoms with Crippen LogP contribution in [0.25, 0.3) is 21.8 Å². The van der Waals surface area contributed by atoms with Gasteiger partial charge in [0.25, 0.3) is 0 Å². The number of benzene rings is 3. The van der Waals surface area contributed by atoms with Crippen LogP contribution in [0.5, 0.6) is 0 Å². The number of nitrogens with one attached hydrogen (secondary N) is 8. The van der Waals surface area contributed by atoms with Crippen LogP contribution in [0.15, 0.2) is 96.2 Å². The van der Waals surface area contributed by atoms with E-state index >= 15 is 0 Å². The van der Waals surface area contributed by atoms with Crippen LogP contribution in [0.1, 0.15) is 69.1 Å². The molecule has 76 heavy (non-hydrogen) atoms. The number of rotatable bonds is 31. The minimum Gasteiger partial charge on any atom is -0.370 e. The van der Waals surface area contributed by atoms with E-state index < -0.39 is 89.6 Å². The van der Waals surface area contributed by atoms with E-state index in [1.165, 1.54) is 11.8 Å². The average molecular weight is 1070 g/mol. The van der Waals surface area contributed by atoms with Gasteiger partial charge in [-0.25, -0.2) is 0 Å². The topological polar surface area (TPSA) is 383 Å². The molecule has 408 valence electrons. The number of amides is 8. The molecule has 0 aliphatic rings. The molecule has 7 unspecified atom stereocenters. The van der Waals surface area contributed by atoms with Gasteiger partial charge in [-0.15, -0.1) is 0 Å². The van der Waals surface area contributed by atoms with Gasteiger partial charge in [0.2, 0.25) is 47.3 Å². The summed E-state index contributed by atoms with van der Waals surface area (Å²) >= 11 is 1.48. The minimum absolute atomic E-state index is 0.0567. The zero-order valence-corrected chi connectivity index (χ0v) is 43.9. The summed E-state index contributed by atoms with van der Waals surface area (Å²) in [5.41, 5.74) is 31.6. The van der Waals surface area contributed by atoms with E-state index in [0.29, 0.717) is 28.9 Å². The standard InChI is InChI=1S/C53H72N14O8S/c1-30(2)24-41(49(72)62-39(46(56)69)21-23-76-3)64-51(74)44(27-33-29-61-38-18-10-8-15-35(33)38)67-50(73)42(25-31-12-5-4-6-13-31)65-52(75)43(26-32-28-60-37-17-9-7-14-34(32)37)66-48(71)40(19-20-45(55)68)63-47(70)36(54)16-11-22-59-53(57)58/h4-10,12-15,17-18,28-30,36,39-44,60-61H,11,16,19-27,54H2,1-3H3,(H2,55,68)(H2,56,69)(H,62,72)(H,63,70)(H,64,74)(H,65,75)(H,66,71)(H,67,73)(H4,57,58,59). The lowest BCUT2D eigenvalue weighted by molar-refractivity contribution is -0.135. The van der Waals surface area contributed by atoms with Gasteiger partial charge in [0, 0.05) is 66.4 Å². The number of para-hydroxylation sites is 2. The first-order chi connectivity index (χ1) is 36.3. The number of nitrogens with two attached hydrogens (primary N) is 5. The molecule has 0 aliphatic carbocycles. The van der Waals surface area contributed by atoms with Gasteiger partial charge in [-0.1, -0.05) is 80.6 Å². The summed E-state index contributed by atoms with van der Waals surface area (Å²) in [5.74, 6) is -5.62. The van der Waals surface area contributed by atoms with Gasteiger partial charge in [-0.3, -0.25) is 43.3 Å². The Bertz CT molecular complexity index is 2810. The van der Waals surface area contributed by atoms with Crippen LogP contribution in [-0.2, 0) is 57.6 Å². The Hall–Kier alpha value is -7.92. The highest BCUT2D eigenvalue weighted by atomic mass is 32.2. The molecule has 8 amide bonds. The molecule has 5 rings (SSSR count). The summed E-state index contributed by atoms with van der Waals surface area (Å²) in [6.45, 7) is 3.95. The predicted octanol–water partition coefficient (Wildman–Crippen LogP) is 0.517. The van der Waals surface area contributed by atoms with Crippen molar-refractivity contribution in [2.24, 2.45) is 39.6 Å². The molecule has 0 bridgehead atoms. The highest BCUT2D eigenvalue weighted by molar-refractivity contribution is 7.98. The SMILES string of the molecule is CSCCC(NC(=O)C(CC(C)C)NC(=O)C(Cc1c[nH]c2ccccc12)NC(=O)C(Cc1ccccc1)NC(=O)C(Cc1c[nH]c2ccccc12)NC(=O)C(CCC(N)=O)NC(=O)C(N)CCCN=C(N)N)C(N)=O. The average Bonchev–Trinajstić information content (AvgIpc) is 4.00. The number of carbonyl (C=O) groups excluding carboxylic acids is 8. The van der Waals surface area contributed by atoms with Crippen LogP contribution >= 0.6 is 11.8 Å². The molecule has 0 spiro atoms. The molecule has 0 saturated carbocycles. The van der Waals surface area contributed by atoms with Gasteiger partial charge in [-0.05, 0) is 78.9 Å². The van der Waals surface area contributed by atoms with Crippen LogP contribution in [0, 0.1) is 5.92 Å². The quantitative estimate of drug-likeness (QED) is 0.0164. The number of carbonyl (C=O) groups is 8. The summed E-state index contributed by atoms with van der Waals surface area (Å²) in [7, 11) is 0. The zero-order valence-electron chi connectivity index (χ0n) is 43.1. The van der Waals surface area contributed by atoms with Gasteiger partial charge >= 0.3 is 0 Å². The molecule has 7 atom stereocenters. The summed E-state index contributed by atoms with van der Waals surface area (Å²) in [6, 6.07) is 14.9. The van der Waals surface area contributed by atoms with Gasteiger partial charge in [0.1, 0.15) is 36.3 Å². The number of fused-ring (bicyclic) bond motifs is 2. The smallest absolute Gasteiger partial charge is 0.243 e. The maximum Gasteiger partial charge on any atom is 0.243 e. The predicted molar refractivity (Wildman–Crippen MR) is 294 cm³/mol. The molecule has 23 heteroatoms. The van der Waals surface area contributed by atoms with Gasteiger partial charge in [-0.2, -0.15) is 11.8 Å². The molecule has 5 aromatic rings. The first kappa shape index (κ1) is 59.0. The molecular weight excluding hydrogens is 993 g/mol. The van der Waals surface area contributed by atoms with Crippen molar-refractivity contribution < 1.29 is 38.4 Å². The van der Waals surface area contributed by atoms with Crippen molar-refractivity contribution in [2.45, 2.75) is 114 Å². The fraction of sp³-hybridized carbons (Fsp3) is 0.415. The van der Waals surface area contributed by atoms with Crippen molar-refractivity contribution in [3.63, 3.8) is 0 Å². The number of aromatic amines is 2. The number of primary amides is 2. The number of thioether (sulfide) groups is 1. The molecule has 0 fully saturated rings. The number of hydrogen-bond acceptors (Lipinski definition) is 11. The summed E-state index contributed by atoms with van der Waals surface area (Å²) in [5, 5.41) is 18.2. The number of nitrogens with zero attached hydrogens (tertiary/aromatic N) is 1. The third kappa shape index (κ3) is 18.2. The largest absolute Gasteiger partial charge is 0.370 e. The van der Waals surface area contributed by atoms with Crippen LogP contribution in [0.3, 0.4) is 0 Å². The van der Waals surface area contributed by atoms with E-state index in [0.717, 1.165) is 21.8 Å². The Balaban J connectivity index is 1.48. The lowest BCUT2D eigenvalue weighted by atomic mass is 9.99. The molecule has 0 aliphatic heterocycles. The fourth-order valence-corrected chi connectivity index (χ4v) is 9.06. The van der Waals surface area contributed by atoms with Gasteiger partial charge in [0.15, 0.2) is 5.96 Å². The minimum atomic E-state index is -1.40. The lowest BCUT2D eigenvalue weighted by Gasteiger charge is -2.28. The highest BCUT2D eigenvalue weighted by Crippen LogP contribution is 2.22. The van der Waals surface area contributed by atoms with E-state index in [4.69, 9.17) is 28.7 Å². The van der Waals surface area contributed by atoms with Crippen molar-refractivity contribution in [2.75, 3.05) is 18.6 Å². The van der Waals surface area contributed by atoms with Crippen molar-refractivity contribution in [1.82, 2.24) is 41.9 Å². The summed E-state index contributed by atoms with van der Waals surface area (Å²) in [6.07, 6.45) is 5.43. The zero-order chi connectivity index (χ0) is 55.3. The number of guanidine groups is 1. The second-order valence-corrected chi connectivity index (χ2v) is 20.0. The molecule has 0 radical (unpaired) electrons. The molecular formula is C53H72N14O8S. The van der Waals surface area contributed by atoms with E-state index in [-0.39, 0.29) is 69.8 Å². The number of aliphatic imine (C=N–C) groups is 1. The molecule has 2 aromatic heterocycles. The number of aromatic nitrogens is 2. The molecule has 2 heterocycles. The van der Waals surface area contributed by atoms with E-state index in [1.54, 1.807) is 42.7 Å². The van der Waals surface area contributed by atoms with Crippen LogP contribution < -0.4 is 60.6 Å². The Morgan fingerprint density at radius 3 is 1.51 bits per heavy atom. The van der Waals surface area contributed by atoms with Crippen LogP contribution in [0.4, 0.5) is 0 Å². The lowest BCUT2D eigenvalue weighted by Crippen LogP contribution is -2.61. The Kier molecular flexibility index (Phi) is 22.7. The third-order valence-corrected chi connectivity index (χ3v) is 13.3. The third-order valence-electron chi connectivity index (χ3n) is 12.6. The first-order valence-electron chi connectivity index (χ1n) is 25.2. The van der Waals surface area contributed by atoms with Crippen molar-refractivity contribution in [1.29, 1.82) is 0 Å². The summed E-state index contributed by atoms with van der Waals surface area (Å²) < 4.78 is 0. The van der Waals surface area contributed by atoms with Crippen molar-refractivity contribution >= 4 is 86.8 Å². The molecule has 18 N–H and O–H groups in total. The van der Waals surface area contributed by atoms with E-state index in [9.17, 15) is 38.4 Å². The number of H-pyrrole nitrogens is 2. The number of hydrogen-bond donors (Lipinski definition) is 13. The molecule has 3 aromatic carbocycles.